The number of aromatic nitrogens is 1. The second-order valence-corrected chi connectivity index (χ2v) is 8.40. The molecule has 2 aromatic carbocycles. The van der Waals surface area contributed by atoms with E-state index in [1.165, 1.54) is 16.6 Å². The van der Waals surface area contributed by atoms with Gasteiger partial charge in [-0.3, -0.25) is 0 Å². The van der Waals surface area contributed by atoms with Crippen LogP contribution >= 0.6 is 0 Å². The van der Waals surface area contributed by atoms with Crippen LogP contribution in [-0.4, -0.2) is 19.4 Å². The smallest absolute Gasteiger partial charge is 0.240 e. The van der Waals surface area contributed by atoms with Gasteiger partial charge in [0, 0.05) is 22.6 Å². The van der Waals surface area contributed by atoms with Gasteiger partial charge in [0.1, 0.15) is 0 Å². The van der Waals surface area contributed by atoms with E-state index in [-0.39, 0.29) is 6.04 Å². The van der Waals surface area contributed by atoms with Gasteiger partial charge in [-0.15, -0.1) is 0 Å². The molecule has 4 nitrogen and oxygen atoms in total. The van der Waals surface area contributed by atoms with Crippen molar-refractivity contribution in [3.8, 4) is 0 Å². The van der Waals surface area contributed by atoms with Crippen LogP contribution in [0.15, 0.2) is 53.4 Å². The molecule has 0 aliphatic heterocycles. The molecule has 0 saturated heterocycles. The number of benzene rings is 2. The molecule has 1 atom stereocenters. The van der Waals surface area contributed by atoms with Gasteiger partial charge in [0.15, 0.2) is 0 Å². The van der Waals surface area contributed by atoms with Crippen LogP contribution in [-0.2, 0) is 29.3 Å². The number of hydrogen-bond acceptors (Lipinski definition) is 2. The Balaban J connectivity index is 1.57. The Bertz CT molecular complexity index is 1000. The summed E-state index contributed by atoms with van der Waals surface area (Å²) in [6.07, 6.45) is 3.31. The Morgan fingerprint density at radius 2 is 1.88 bits per heavy atom. The van der Waals surface area contributed by atoms with E-state index in [0.29, 0.717) is 4.90 Å². The molecule has 0 fully saturated rings. The maximum absolute atomic E-state index is 12.7. The monoisotopic (exact) mass is 354 g/mol. The predicted molar refractivity (Wildman–Crippen MR) is 100 cm³/mol. The number of para-hydroxylation sites is 1. The highest BCUT2D eigenvalue weighted by molar-refractivity contribution is 7.89. The van der Waals surface area contributed by atoms with Crippen LogP contribution < -0.4 is 4.72 Å². The summed E-state index contributed by atoms with van der Waals surface area (Å²) in [5, 5.41) is 1.20. The van der Waals surface area contributed by atoms with E-state index in [2.05, 4.69) is 28.8 Å². The first-order valence-electron chi connectivity index (χ1n) is 8.76. The molecule has 0 saturated carbocycles. The maximum atomic E-state index is 12.7. The highest BCUT2D eigenvalue weighted by atomic mass is 32.2. The minimum Gasteiger partial charge on any atom is -0.358 e. The maximum Gasteiger partial charge on any atom is 0.240 e. The minimum atomic E-state index is -3.48. The van der Waals surface area contributed by atoms with Gasteiger partial charge < -0.3 is 4.98 Å². The lowest BCUT2D eigenvalue weighted by atomic mass is 9.92. The highest BCUT2D eigenvalue weighted by Gasteiger charge is 2.26. The summed E-state index contributed by atoms with van der Waals surface area (Å²) in [5.74, 6) is 0. The number of fused-ring (bicyclic) bond motifs is 3. The molecule has 130 valence electrons. The fourth-order valence-corrected chi connectivity index (χ4v) is 4.93. The number of nitrogens with one attached hydrogen (secondary N) is 2. The second kappa shape index (κ2) is 6.32. The zero-order chi connectivity index (χ0) is 17.4. The van der Waals surface area contributed by atoms with E-state index in [1.807, 2.05) is 24.3 Å². The Labute approximate surface area is 148 Å². The number of aromatic amines is 1. The molecule has 0 spiro atoms. The first-order valence-corrected chi connectivity index (χ1v) is 10.2. The van der Waals surface area contributed by atoms with Gasteiger partial charge in [0.05, 0.1) is 4.90 Å². The average Bonchev–Trinajstić information content (AvgIpc) is 2.99. The zero-order valence-corrected chi connectivity index (χ0v) is 15.1. The lowest BCUT2D eigenvalue weighted by molar-refractivity contribution is 0.506. The van der Waals surface area contributed by atoms with Crippen LogP contribution in [0, 0.1) is 0 Å². The van der Waals surface area contributed by atoms with Gasteiger partial charge in [-0.25, -0.2) is 13.1 Å². The molecule has 1 aliphatic rings. The SMILES string of the molecule is CCc1ccc(S(=O)(=O)NC2CCc3[nH]c4ccccc4c3C2)cc1. The van der Waals surface area contributed by atoms with Crippen LogP contribution in [0.1, 0.15) is 30.2 Å². The van der Waals surface area contributed by atoms with Crippen molar-refractivity contribution in [2.75, 3.05) is 0 Å². The third kappa shape index (κ3) is 3.10. The van der Waals surface area contributed by atoms with Crippen molar-refractivity contribution in [3.63, 3.8) is 0 Å². The first-order chi connectivity index (χ1) is 12.1. The fourth-order valence-electron chi connectivity index (χ4n) is 3.66. The molecule has 0 radical (unpaired) electrons. The summed E-state index contributed by atoms with van der Waals surface area (Å²) in [4.78, 5) is 3.81. The number of aryl methyl sites for hydroxylation is 2. The standard InChI is InChI=1S/C20H22N2O2S/c1-2-14-7-10-16(11-8-14)25(23,24)22-15-9-12-20-18(13-15)17-5-3-4-6-19(17)21-20/h3-8,10-11,15,21-22H,2,9,12-13H2,1H3. The number of sulfonamides is 1. The van der Waals surface area contributed by atoms with E-state index >= 15 is 0 Å². The fraction of sp³-hybridized carbons (Fsp3) is 0.300. The van der Waals surface area contributed by atoms with Gasteiger partial charge in [-0.1, -0.05) is 37.3 Å². The third-order valence-electron chi connectivity index (χ3n) is 5.06. The lowest BCUT2D eigenvalue weighted by Gasteiger charge is -2.23. The van der Waals surface area contributed by atoms with Crippen molar-refractivity contribution in [1.82, 2.24) is 9.71 Å². The largest absolute Gasteiger partial charge is 0.358 e. The van der Waals surface area contributed by atoms with Crippen molar-refractivity contribution in [3.05, 3.63) is 65.4 Å². The minimum absolute atomic E-state index is 0.0671. The molecule has 1 unspecified atom stereocenters. The van der Waals surface area contributed by atoms with Gasteiger partial charge in [-0.05, 0) is 55.0 Å². The Morgan fingerprint density at radius 3 is 2.64 bits per heavy atom. The summed E-state index contributed by atoms with van der Waals surface area (Å²) in [6.45, 7) is 2.06. The molecular weight excluding hydrogens is 332 g/mol. The Hall–Kier alpha value is -2.11. The number of H-pyrrole nitrogens is 1. The Morgan fingerprint density at radius 1 is 1.12 bits per heavy atom. The van der Waals surface area contributed by atoms with Crippen LogP contribution in [0.4, 0.5) is 0 Å². The molecule has 1 heterocycles. The molecule has 4 rings (SSSR count). The molecule has 5 heteroatoms. The third-order valence-corrected chi connectivity index (χ3v) is 6.60. The van der Waals surface area contributed by atoms with Crippen LogP contribution in [0.25, 0.3) is 10.9 Å². The van der Waals surface area contributed by atoms with Crippen LogP contribution in [0.5, 0.6) is 0 Å². The Kier molecular flexibility index (Phi) is 4.13. The average molecular weight is 354 g/mol. The van der Waals surface area contributed by atoms with E-state index in [4.69, 9.17) is 0 Å². The molecule has 3 aromatic rings. The van der Waals surface area contributed by atoms with E-state index in [9.17, 15) is 8.42 Å². The highest BCUT2D eigenvalue weighted by Crippen LogP contribution is 2.29. The van der Waals surface area contributed by atoms with E-state index in [1.54, 1.807) is 12.1 Å². The molecule has 0 amide bonds. The van der Waals surface area contributed by atoms with E-state index < -0.39 is 10.0 Å². The molecule has 1 aliphatic carbocycles. The lowest BCUT2D eigenvalue weighted by Crippen LogP contribution is -2.38. The predicted octanol–water partition coefficient (Wildman–Crippen LogP) is 3.57. The summed E-state index contributed by atoms with van der Waals surface area (Å²) in [7, 11) is -3.48. The first kappa shape index (κ1) is 16.4. The molecule has 0 bridgehead atoms. The van der Waals surface area contributed by atoms with Crippen molar-refractivity contribution in [2.24, 2.45) is 0 Å². The van der Waals surface area contributed by atoms with Crippen molar-refractivity contribution < 1.29 is 8.42 Å². The van der Waals surface area contributed by atoms with Gasteiger partial charge in [-0.2, -0.15) is 0 Å². The molecular formula is C20H22N2O2S. The van der Waals surface area contributed by atoms with Crippen molar-refractivity contribution in [1.29, 1.82) is 0 Å². The summed E-state index contributed by atoms with van der Waals surface area (Å²) in [5.41, 5.74) is 4.76. The quantitative estimate of drug-likeness (QED) is 0.752. The summed E-state index contributed by atoms with van der Waals surface area (Å²) >= 11 is 0. The molecule has 1 aromatic heterocycles. The number of hydrogen-bond donors (Lipinski definition) is 2. The molecule has 25 heavy (non-hydrogen) atoms. The summed E-state index contributed by atoms with van der Waals surface area (Å²) < 4.78 is 28.3. The van der Waals surface area contributed by atoms with Gasteiger partial charge in [0.25, 0.3) is 0 Å². The molecule has 2 N–H and O–H groups in total. The van der Waals surface area contributed by atoms with Gasteiger partial charge in [0.2, 0.25) is 10.0 Å². The zero-order valence-electron chi connectivity index (χ0n) is 14.2. The second-order valence-electron chi connectivity index (χ2n) is 6.69. The van der Waals surface area contributed by atoms with Gasteiger partial charge >= 0.3 is 0 Å². The van der Waals surface area contributed by atoms with Crippen LogP contribution in [0.3, 0.4) is 0 Å². The topological polar surface area (TPSA) is 62.0 Å². The normalized spacial score (nSPS) is 17.6. The van der Waals surface area contributed by atoms with Crippen LogP contribution in [0.2, 0.25) is 0 Å². The van der Waals surface area contributed by atoms with Crippen molar-refractivity contribution in [2.45, 2.75) is 43.5 Å². The van der Waals surface area contributed by atoms with E-state index in [0.717, 1.165) is 36.8 Å². The van der Waals surface area contributed by atoms with Crippen molar-refractivity contribution >= 4 is 20.9 Å². The summed E-state index contributed by atoms with van der Waals surface area (Å²) in [6, 6.07) is 15.3. The number of rotatable bonds is 4.